The van der Waals surface area contributed by atoms with Crippen molar-refractivity contribution in [1.82, 2.24) is 5.32 Å². The summed E-state index contributed by atoms with van der Waals surface area (Å²) >= 11 is 0. The predicted molar refractivity (Wildman–Crippen MR) is 68.4 cm³/mol. The van der Waals surface area contributed by atoms with Gasteiger partial charge < -0.3 is 10.4 Å². The van der Waals surface area contributed by atoms with Gasteiger partial charge >= 0.3 is 0 Å². The lowest BCUT2D eigenvalue weighted by molar-refractivity contribution is 0.214. The van der Waals surface area contributed by atoms with Crippen molar-refractivity contribution in [3.8, 4) is 0 Å². The lowest BCUT2D eigenvalue weighted by Crippen LogP contribution is -2.42. The summed E-state index contributed by atoms with van der Waals surface area (Å²) in [5.74, 6) is 0. The molecule has 2 heteroatoms. The number of aliphatic hydroxyl groups excluding tert-OH is 1. The van der Waals surface area contributed by atoms with Crippen molar-refractivity contribution in [2.75, 3.05) is 6.61 Å². The van der Waals surface area contributed by atoms with Gasteiger partial charge in [0.05, 0.1) is 0 Å². The van der Waals surface area contributed by atoms with Gasteiger partial charge in [0.1, 0.15) is 0 Å². The van der Waals surface area contributed by atoms with Crippen molar-refractivity contribution < 1.29 is 5.11 Å². The van der Waals surface area contributed by atoms with E-state index < -0.39 is 0 Å². The first-order chi connectivity index (χ1) is 7.59. The highest BCUT2D eigenvalue weighted by molar-refractivity contribution is 5.21. The van der Waals surface area contributed by atoms with Crippen LogP contribution in [0.4, 0.5) is 0 Å². The Bertz CT molecular complexity index is 307. The van der Waals surface area contributed by atoms with Crippen molar-refractivity contribution in [2.45, 2.75) is 45.7 Å². The molecule has 2 N–H and O–H groups in total. The van der Waals surface area contributed by atoms with E-state index in [1.54, 1.807) is 0 Å². The van der Waals surface area contributed by atoms with Crippen molar-refractivity contribution >= 4 is 0 Å². The largest absolute Gasteiger partial charge is 0.396 e. The smallest absolute Gasteiger partial charge is 0.0448 e. The Kier molecular flexibility index (Phi) is 4.97. The van der Waals surface area contributed by atoms with E-state index in [1.165, 1.54) is 11.1 Å². The fourth-order valence-electron chi connectivity index (χ4n) is 1.66. The zero-order valence-electron chi connectivity index (χ0n) is 10.6. The monoisotopic (exact) mass is 221 g/mol. The summed E-state index contributed by atoms with van der Waals surface area (Å²) < 4.78 is 0. The van der Waals surface area contributed by atoms with Gasteiger partial charge in [0, 0.05) is 18.7 Å². The van der Waals surface area contributed by atoms with Gasteiger partial charge in [-0.25, -0.2) is 0 Å². The summed E-state index contributed by atoms with van der Waals surface area (Å²) in [5, 5.41) is 12.5. The van der Waals surface area contributed by atoms with Gasteiger partial charge in [-0.2, -0.15) is 0 Å². The molecule has 0 bridgehead atoms. The van der Waals surface area contributed by atoms with E-state index in [1.807, 2.05) is 0 Å². The van der Waals surface area contributed by atoms with Gasteiger partial charge in [-0.15, -0.1) is 0 Å². The second kappa shape index (κ2) is 6.02. The number of hydrogen-bond acceptors (Lipinski definition) is 2. The van der Waals surface area contributed by atoms with Gasteiger partial charge in [-0.3, -0.25) is 0 Å². The summed E-state index contributed by atoms with van der Waals surface area (Å²) in [7, 11) is 0. The van der Waals surface area contributed by atoms with Crippen LogP contribution in [0.15, 0.2) is 24.3 Å². The first-order valence-electron chi connectivity index (χ1n) is 6.01. The number of rotatable bonds is 6. The third-order valence-corrected chi connectivity index (χ3v) is 3.28. The quantitative estimate of drug-likeness (QED) is 0.774. The molecule has 0 fully saturated rings. The maximum absolute atomic E-state index is 9.03. The van der Waals surface area contributed by atoms with E-state index in [-0.39, 0.29) is 12.1 Å². The average Bonchev–Trinajstić information content (AvgIpc) is 2.29. The van der Waals surface area contributed by atoms with Gasteiger partial charge in [0.25, 0.3) is 0 Å². The molecule has 0 aromatic heterocycles. The topological polar surface area (TPSA) is 32.3 Å². The molecule has 0 amide bonds. The highest BCUT2D eigenvalue weighted by Crippen LogP contribution is 2.15. The lowest BCUT2D eigenvalue weighted by Gasteiger charge is -2.29. The molecule has 2 nitrogen and oxygen atoms in total. The van der Waals surface area contributed by atoms with Crippen LogP contribution in [0, 0.1) is 6.92 Å². The summed E-state index contributed by atoms with van der Waals surface area (Å²) in [4.78, 5) is 0. The highest BCUT2D eigenvalue weighted by Gasteiger charge is 2.19. The Morgan fingerprint density at radius 1 is 1.25 bits per heavy atom. The first-order valence-corrected chi connectivity index (χ1v) is 6.01. The molecule has 0 heterocycles. The minimum atomic E-state index is 0.0413. The molecule has 0 aliphatic carbocycles. The van der Waals surface area contributed by atoms with Crippen molar-refractivity contribution in [2.24, 2.45) is 0 Å². The standard InChI is InChI=1S/C14H23NO/c1-4-14(3,9-10-16)15-11-13-7-5-12(2)6-8-13/h5-8,15-16H,4,9-11H2,1-3H3. The molecule has 0 spiro atoms. The Balaban J connectivity index is 2.52. The second-order valence-corrected chi connectivity index (χ2v) is 4.73. The maximum Gasteiger partial charge on any atom is 0.0448 e. The summed E-state index contributed by atoms with van der Waals surface area (Å²) in [6.45, 7) is 7.52. The zero-order chi connectivity index (χ0) is 12.0. The minimum absolute atomic E-state index is 0.0413. The van der Waals surface area contributed by atoms with Crippen LogP contribution < -0.4 is 5.32 Å². The molecule has 1 aromatic rings. The van der Waals surface area contributed by atoms with Crippen LogP contribution in [0.1, 0.15) is 37.8 Å². The molecule has 90 valence electrons. The molecule has 0 radical (unpaired) electrons. The zero-order valence-corrected chi connectivity index (χ0v) is 10.6. The Hall–Kier alpha value is -0.860. The van der Waals surface area contributed by atoms with Gasteiger partial charge in [0.15, 0.2) is 0 Å². The third kappa shape index (κ3) is 3.95. The van der Waals surface area contributed by atoms with E-state index in [0.717, 1.165) is 19.4 Å². The summed E-state index contributed by atoms with van der Waals surface area (Å²) in [6, 6.07) is 8.56. The molecule has 1 atom stereocenters. The van der Waals surface area contributed by atoms with Gasteiger partial charge in [-0.1, -0.05) is 36.8 Å². The lowest BCUT2D eigenvalue weighted by atomic mass is 9.94. The number of nitrogens with one attached hydrogen (secondary N) is 1. The summed E-state index contributed by atoms with van der Waals surface area (Å²) in [6.07, 6.45) is 1.83. The van der Waals surface area contributed by atoms with Crippen LogP contribution >= 0.6 is 0 Å². The normalized spacial score (nSPS) is 14.8. The maximum atomic E-state index is 9.03. The molecule has 0 aliphatic heterocycles. The first kappa shape index (κ1) is 13.2. The molecular formula is C14H23NO. The molecule has 16 heavy (non-hydrogen) atoms. The van der Waals surface area contributed by atoms with E-state index in [0.29, 0.717) is 0 Å². The molecule has 0 saturated heterocycles. The van der Waals surface area contributed by atoms with Gasteiger partial charge in [0.2, 0.25) is 0 Å². The van der Waals surface area contributed by atoms with Crippen LogP contribution in [0.25, 0.3) is 0 Å². The number of aryl methyl sites for hydroxylation is 1. The van der Waals surface area contributed by atoms with Crippen molar-refractivity contribution in [3.05, 3.63) is 35.4 Å². The molecule has 1 unspecified atom stereocenters. The fraction of sp³-hybridized carbons (Fsp3) is 0.571. The molecular weight excluding hydrogens is 198 g/mol. The van der Waals surface area contributed by atoms with Crippen LogP contribution in [-0.2, 0) is 6.54 Å². The number of benzene rings is 1. The molecule has 1 aromatic carbocycles. The highest BCUT2D eigenvalue weighted by atomic mass is 16.3. The predicted octanol–water partition coefficient (Wildman–Crippen LogP) is 2.64. The van der Waals surface area contributed by atoms with Crippen molar-refractivity contribution in [1.29, 1.82) is 0 Å². The van der Waals surface area contributed by atoms with Crippen molar-refractivity contribution in [3.63, 3.8) is 0 Å². The Morgan fingerprint density at radius 2 is 1.88 bits per heavy atom. The summed E-state index contributed by atoms with van der Waals surface area (Å²) in [5.41, 5.74) is 2.63. The number of hydrogen-bond donors (Lipinski definition) is 2. The van der Waals surface area contributed by atoms with Gasteiger partial charge in [-0.05, 0) is 32.3 Å². The van der Waals surface area contributed by atoms with E-state index in [2.05, 4.69) is 50.4 Å². The molecule has 1 rings (SSSR count). The van der Waals surface area contributed by atoms with E-state index in [9.17, 15) is 0 Å². The molecule has 0 saturated carbocycles. The Morgan fingerprint density at radius 3 is 2.38 bits per heavy atom. The van der Waals surface area contributed by atoms with E-state index >= 15 is 0 Å². The van der Waals surface area contributed by atoms with E-state index in [4.69, 9.17) is 5.11 Å². The Labute approximate surface area is 98.7 Å². The van der Waals surface area contributed by atoms with Crippen LogP contribution in [0.5, 0.6) is 0 Å². The van der Waals surface area contributed by atoms with Crippen LogP contribution in [0.3, 0.4) is 0 Å². The molecule has 0 aliphatic rings. The third-order valence-electron chi connectivity index (χ3n) is 3.28. The second-order valence-electron chi connectivity index (χ2n) is 4.73. The number of aliphatic hydroxyl groups is 1. The SMILES string of the molecule is CCC(C)(CCO)NCc1ccc(C)cc1. The average molecular weight is 221 g/mol. The van der Waals surface area contributed by atoms with Crippen LogP contribution in [0.2, 0.25) is 0 Å². The minimum Gasteiger partial charge on any atom is -0.396 e. The van der Waals surface area contributed by atoms with Crippen LogP contribution in [-0.4, -0.2) is 17.3 Å². The fourth-order valence-corrected chi connectivity index (χ4v) is 1.66.